The molecule has 0 saturated carbocycles. The van der Waals surface area contributed by atoms with Gasteiger partial charge in [0.15, 0.2) is 5.78 Å². The smallest absolute Gasteiger partial charge is 0.311 e. The van der Waals surface area contributed by atoms with Crippen LogP contribution in [0.25, 0.3) is 0 Å². The van der Waals surface area contributed by atoms with Crippen molar-refractivity contribution in [3.63, 3.8) is 0 Å². The number of Topliss-reactive ketones (excluding diaryl/α,β-unsaturated/α-hetero) is 1. The van der Waals surface area contributed by atoms with Crippen LogP contribution in [-0.4, -0.2) is 58.5 Å². The number of nitrogens with zero attached hydrogens (tertiary/aromatic N) is 2. The van der Waals surface area contributed by atoms with Crippen molar-refractivity contribution in [1.82, 2.24) is 9.47 Å². The number of aliphatic carboxylic acids is 1. The molecule has 2 atom stereocenters. The van der Waals surface area contributed by atoms with Gasteiger partial charge in [0.05, 0.1) is 19.3 Å². The Morgan fingerprint density at radius 3 is 2.57 bits per heavy atom. The number of aromatic nitrogens is 1. The van der Waals surface area contributed by atoms with Crippen LogP contribution >= 0.6 is 0 Å². The number of aryl methyl sites for hydroxylation is 1. The fourth-order valence-corrected chi connectivity index (χ4v) is 2.46. The summed E-state index contributed by atoms with van der Waals surface area (Å²) in [4.78, 5) is 36.4. The molecule has 1 saturated heterocycles. The predicted octanol–water partition coefficient (Wildman–Crippen LogP) is 0.399. The first-order chi connectivity index (χ1) is 9.82. The van der Waals surface area contributed by atoms with Crippen LogP contribution in [0, 0.1) is 5.92 Å². The highest BCUT2D eigenvalue weighted by Crippen LogP contribution is 2.21. The number of hydrogen-bond acceptors (Lipinski definition) is 4. The molecule has 1 N–H and O–H groups in total. The molecular weight excluding hydrogens is 276 g/mol. The maximum Gasteiger partial charge on any atom is 0.311 e. The minimum atomic E-state index is -0.978. The van der Waals surface area contributed by atoms with Gasteiger partial charge >= 0.3 is 5.97 Å². The van der Waals surface area contributed by atoms with E-state index in [4.69, 9.17) is 9.84 Å². The van der Waals surface area contributed by atoms with Gasteiger partial charge in [-0.25, -0.2) is 0 Å². The van der Waals surface area contributed by atoms with Gasteiger partial charge in [-0.1, -0.05) is 0 Å². The van der Waals surface area contributed by atoms with Gasteiger partial charge in [0.25, 0.3) is 5.91 Å². The summed E-state index contributed by atoms with van der Waals surface area (Å²) in [5, 5.41) is 9.15. The van der Waals surface area contributed by atoms with E-state index in [1.165, 1.54) is 17.9 Å². The summed E-state index contributed by atoms with van der Waals surface area (Å²) >= 11 is 0. The molecule has 1 aliphatic rings. The quantitative estimate of drug-likeness (QED) is 0.812. The minimum absolute atomic E-state index is 0.101. The summed E-state index contributed by atoms with van der Waals surface area (Å²) in [6, 6.07) is 1.01. The van der Waals surface area contributed by atoms with Gasteiger partial charge in [-0.2, -0.15) is 0 Å². The van der Waals surface area contributed by atoms with Crippen molar-refractivity contribution in [2.24, 2.45) is 13.0 Å². The van der Waals surface area contributed by atoms with Gasteiger partial charge < -0.3 is 19.3 Å². The van der Waals surface area contributed by atoms with Gasteiger partial charge in [-0.15, -0.1) is 0 Å². The zero-order chi connectivity index (χ0) is 15.7. The third-order valence-corrected chi connectivity index (χ3v) is 3.82. The minimum Gasteiger partial charge on any atom is -0.481 e. The predicted molar refractivity (Wildman–Crippen MR) is 73.2 cm³/mol. The van der Waals surface area contributed by atoms with Gasteiger partial charge in [0, 0.05) is 25.9 Å². The number of hydrogen-bond donors (Lipinski definition) is 1. The van der Waals surface area contributed by atoms with Crippen LogP contribution in [0.3, 0.4) is 0 Å². The summed E-state index contributed by atoms with van der Waals surface area (Å²) in [5.41, 5.74) is 0.797. The number of carbonyl (C=O) groups is 3. The van der Waals surface area contributed by atoms with E-state index in [1.54, 1.807) is 24.9 Å². The van der Waals surface area contributed by atoms with Crippen molar-refractivity contribution in [1.29, 1.82) is 0 Å². The SMILES string of the molecule is CC(=O)c1cc(C(=O)N(C)C2COCC2C(=O)O)n(C)c1. The highest BCUT2D eigenvalue weighted by molar-refractivity contribution is 5.99. The molecule has 2 unspecified atom stereocenters. The molecule has 1 fully saturated rings. The molecule has 114 valence electrons. The Kier molecular flexibility index (Phi) is 4.13. The Balaban J connectivity index is 2.23. The lowest BCUT2D eigenvalue weighted by molar-refractivity contribution is -0.142. The standard InChI is InChI=1S/C14H18N2O5/c1-8(17)9-4-11(15(2)5-9)13(18)16(3)12-7-21-6-10(12)14(19)20/h4-5,10,12H,6-7H2,1-3H3,(H,19,20). The van der Waals surface area contributed by atoms with Gasteiger partial charge in [-0.05, 0) is 13.0 Å². The van der Waals surface area contributed by atoms with Gasteiger partial charge in [-0.3, -0.25) is 14.4 Å². The average molecular weight is 294 g/mol. The van der Waals surface area contributed by atoms with Crippen molar-refractivity contribution in [2.45, 2.75) is 13.0 Å². The zero-order valence-electron chi connectivity index (χ0n) is 12.2. The van der Waals surface area contributed by atoms with Crippen LogP contribution in [0.4, 0.5) is 0 Å². The lowest BCUT2D eigenvalue weighted by atomic mass is 10.0. The Hall–Kier alpha value is -2.15. The molecule has 1 amide bonds. The van der Waals surface area contributed by atoms with E-state index >= 15 is 0 Å². The van der Waals surface area contributed by atoms with Crippen LogP contribution in [0.15, 0.2) is 12.3 Å². The summed E-state index contributed by atoms with van der Waals surface area (Å²) < 4.78 is 6.75. The molecule has 7 nitrogen and oxygen atoms in total. The van der Waals surface area contributed by atoms with Gasteiger partial charge in [0.2, 0.25) is 0 Å². The van der Waals surface area contributed by atoms with Crippen LogP contribution in [0.5, 0.6) is 0 Å². The van der Waals surface area contributed by atoms with Crippen molar-refractivity contribution < 1.29 is 24.2 Å². The second-order valence-electron chi connectivity index (χ2n) is 5.25. The van der Waals surface area contributed by atoms with Crippen LogP contribution < -0.4 is 0 Å². The topological polar surface area (TPSA) is 88.8 Å². The normalized spacial score (nSPS) is 21.3. The molecule has 0 bridgehead atoms. The van der Waals surface area contributed by atoms with E-state index in [1.807, 2.05) is 0 Å². The Bertz CT molecular complexity index is 592. The lowest BCUT2D eigenvalue weighted by Crippen LogP contribution is -2.44. The van der Waals surface area contributed by atoms with Crippen molar-refractivity contribution in [3.8, 4) is 0 Å². The number of carbonyl (C=O) groups excluding carboxylic acids is 2. The molecule has 2 heterocycles. The number of rotatable bonds is 4. The molecule has 1 aliphatic heterocycles. The fraction of sp³-hybridized carbons (Fsp3) is 0.500. The Morgan fingerprint density at radius 1 is 1.38 bits per heavy atom. The summed E-state index contributed by atoms with van der Waals surface area (Å²) in [6.45, 7) is 1.73. The van der Waals surface area contributed by atoms with E-state index in [-0.39, 0.29) is 24.9 Å². The maximum absolute atomic E-state index is 12.5. The molecule has 0 radical (unpaired) electrons. The summed E-state index contributed by atoms with van der Waals surface area (Å²) in [6.07, 6.45) is 1.59. The number of carboxylic acids is 1. The largest absolute Gasteiger partial charge is 0.481 e. The second-order valence-corrected chi connectivity index (χ2v) is 5.25. The molecule has 0 aromatic carbocycles. The highest BCUT2D eigenvalue weighted by Gasteiger charge is 2.39. The Morgan fingerprint density at radius 2 is 2.05 bits per heavy atom. The Labute approximate surface area is 122 Å². The third kappa shape index (κ3) is 2.82. The van der Waals surface area contributed by atoms with Crippen LogP contribution in [-0.2, 0) is 16.6 Å². The van der Waals surface area contributed by atoms with E-state index in [9.17, 15) is 14.4 Å². The van der Waals surface area contributed by atoms with E-state index in [0.717, 1.165) is 0 Å². The number of ketones is 1. The molecule has 1 aromatic heterocycles. The fourth-order valence-electron chi connectivity index (χ4n) is 2.46. The number of amides is 1. The number of carboxylic acid groups (broad SMARTS) is 1. The number of ether oxygens (including phenoxy) is 1. The van der Waals surface area contributed by atoms with Crippen molar-refractivity contribution in [3.05, 3.63) is 23.5 Å². The number of likely N-dealkylation sites (N-methyl/N-ethyl adjacent to an activating group) is 1. The zero-order valence-corrected chi connectivity index (χ0v) is 12.2. The molecule has 0 aliphatic carbocycles. The second kappa shape index (κ2) is 5.69. The third-order valence-electron chi connectivity index (χ3n) is 3.82. The first-order valence-corrected chi connectivity index (χ1v) is 6.58. The van der Waals surface area contributed by atoms with Crippen molar-refractivity contribution in [2.75, 3.05) is 20.3 Å². The molecule has 2 rings (SSSR count). The van der Waals surface area contributed by atoms with E-state index < -0.39 is 17.9 Å². The van der Waals surface area contributed by atoms with Crippen LogP contribution in [0.1, 0.15) is 27.8 Å². The highest BCUT2D eigenvalue weighted by atomic mass is 16.5. The summed E-state index contributed by atoms with van der Waals surface area (Å²) in [5.74, 6) is -2.16. The van der Waals surface area contributed by atoms with E-state index in [0.29, 0.717) is 11.3 Å². The lowest BCUT2D eigenvalue weighted by Gasteiger charge is -2.26. The van der Waals surface area contributed by atoms with Crippen LogP contribution in [0.2, 0.25) is 0 Å². The molecule has 21 heavy (non-hydrogen) atoms. The first-order valence-electron chi connectivity index (χ1n) is 6.58. The van der Waals surface area contributed by atoms with E-state index in [2.05, 4.69) is 0 Å². The maximum atomic E-state index is 12.5. The molecule has 7 heteroatoms. The van der Waals surface area contributed by atoms with Gasteiger partial charge in [0.1, 0.15) is 11.6 Å². The van der Waals surface area contributed by atoms with Crippen molar-refractivity contribution >= 4 is 17.7 Å². The monoisotopic (exact) mass is 294 g/mol. The summed E-state index contributed by atoms with van der Waals surface area (Å²) in [7, 11) is 3.23. The molecular formula is C14H18N2O5. The first kappa shape index (κ1) is 15.2. The molecule has 1 aromatic rings. The average Bonchev–Trinajstić information content (AvgIpc) is 3.03. The molecule has 0 spiro atoms.